The van der Waals surface area contributed by atoms with Crippen molar-refractivity contribution in [3.8, 4) is 0 Å². The van der Waals surface area contributed by atoms with Crippen LogP contribution in [-0.4, -0.2) is 27.9 Å². The van der Waals surface area contributed by atoms with Gasteiger partial charge in [0, 0.05) is 6.04 Å². The molecular formula is C14H20BrNO3. The molecule has 3 atom stereocenters. The minimum absolute atomic E-state index is 0.0295. The van der Waals surface area contributed by atoms with Crippen LogP contribution in [0.5, 0.6) is 0 Å². The standard InChI is InChI=1S/C14H20BrNO3/c1-7(15)12(17)16-11-9-2-8-3-10(11)6-14(4-8,5-9)13(18)19/h7-11H,2-6H2,1H3,(H,16,17)(H,18,19). The number of amides is 1. The van der Waals surface area contributed by atoms with Crippen LogP contribution in [-0.2, 0) is 9.59 Å². The van der Waals surface area contributed by atoms with Gasteiger partial charge in [-0.25, -0.2) is 0 Å². The van der Waals surface area contributed by atoms with Gasteiger partial charge in [-0.1, -0.05) is 15.9 Å². The molecule has 19 heavy (non-hydrogen) atoms. The van der Waals surface area contributed by atoms with Gasteiger partial charge < -0.3 is 10.4 Å². The molecular weight excluding hydrogens is 310 g/mol. The predicted molar refractivity (Wildman–Crippen MR) is 73.9 cm³/mol. The van der Waals surface area contributed by atoms with Gasteiger partial charge in [0.2, 0.25) is 5.91 Å². The fourth-order valence-electron chi connectivity index (χ4n) is 4.80. The highest BCUT2D eigenvalue weighted by molar-refractivity contribution is 9.10. The summed E-state index contributed by atoms with van der Waals surface area (Å²) in [6, 6.07) is 0.191. The van der Waals surface area contributed by atoms with Crippen molar-refractivity contribution in [3.63, 3.8) is 0 Å². The van der Waals surface area contributed by atoms with Crippen molar-refractivity contribution in [2.75, 3.05) is 0 Å². The molecule has 3 unspecified atom stereocenters. The van der Waals surface area contributed by atoms with Gasteiger partial charge in [0.1, 0.15) is 0 Å². The van der Waals surface area contributed by atoms with Gasteiger partial charge in [0.25, 0.3) is 0 Å². The van der Waals surface area contributed by atoms with Crippen molar-refractivity contribution in [1.82, 2.24) is 5.32 Å². The van der Waals surface area contributed by atoms with Crippen LogP contribution >= 0.6 is 15.9 Å². The van der Waals surface area contributed by atoms with E-state index in [1.165, 1.54) is 0 Å². The van der Waals surface area contributed by atoms with Crippen molar-refractivity contribution >= 4 is 27.8 Å². The molecule has 4 bridgehead atoms. The van der Waals surface area contributed by atoms with E-state index in [2.05, 4.69) is 21.2 Å². The lowest BCUT2D eigenvalue weighted by molar-refractivity contribution is -0.167. The molecule has 0 aromatic carbocycles. The summed E-state index contributed by atoms with van der Waals surface area (Å²) in [5, 5.41) is 12.7. The molecule has 4 nitrogen and oxygen atoms in total. The number of hydrogen-bond donors (Lipinski definition) is 2. The maximum atomic E-state index is 11.9. The Morgan fingerprint density at radius 3 is 2.32 bits per heavy atom. The third kappa shape index (κ3) is 2.10. The second-order valence-electron chi connectivity index (χ2n) is 6.71. The highest BCUT2D eigenvalue weighted by Gasteiger charge is 2.58. The van der Waals surface area contributed by atoms with Gasteiger partial charge in [-0.2, -0.15) is 0 Å². The number of rotatable bonds is 3. The average molecular weight is 330 g/mol. The normalized spacial score (nSPS) is 44.9. The van der Waals surface area contributed by atoms with Crippen LogP contribution in [0.4, 0.5) is 0 Å². The van der Waals surface area contributed by atoms with E-state index in [0.717, 1.165) is 32.1 Å². The van der Waals surface area contributed by atoms with E-state index in [1.807, 2.05) is 6.92 Å². The summed E-state index contributed by atoms with van der Waals surface area (Å²) in [4.78, 5) is 23.3. The van der Waals surface area contributed by atoms with Crippen LogP contribution in [0, 0.1) is 23.2 Å². The summed E-state index contributed by atoms with van der Waals surface area (Å²) < 4.78 is 0. The first kappa shape index (κ1) is 13.4. The second-order valence-corrected chi connectivity index (χ2v) is 8.08. The fourth-order valence-corrected chi connectivity index (χ4v) is 4.93. The van der Waals surface area contributed by atoms with Crippen LogP contribution in [0.15, 0.2) is 0 Å². The zero-order valence-electron chi connectivity index (χ0n) is 11.1. The van der Waals surface area contributed by atoms with E-state index in [4.69, 9.17) is 0 Å². The second kappa shape index (κ2) is 4.47. The lowest BCUT2D eigenvalue weighted by Crippen LogP contribution is -2.61. The summed E-state index contributed by atoms with van der Waals surface area (Å²) >= 11 is 3.29. The van der Waals surface area contributed by atoms with E-state index in [-0.39, 0.29) is 16.8 Å². The Hall–Kier alpha value is -0.580. The first-order valence-corrected chi connectivity index (χ1v) is 8.01. The Balaban J connectivity index is 1.78. The molecule has 4 rings (SSSR count). The number of nitrogens with one attached hydrogen (secondary N) is 1. The predicted octanol–water partition coefficient (Wildman–Crippen LogP) is 2.17. The molecule has 2 N–H and O–H groups in total. The highest BCUT2D eigenvalue weighted by Crippen LogP contribution is 2.60. The smallest absolute Gasteiger partial charge is 0.309 e. The van der Waals surface area contributed by atoms with Crippen molar-refractivity contribution in [2.24, 2.45) is 23.2 Å². The molecule has 106 valence electrons. The molecule has 0 aliphatic heterocycles. The Kier molecular flexibility index (Phi) is 3.15. The number of halogens is 1. The number of alkyl halides is 1. The summed E-state index contributed by atoms with van der Waals surface area (Å²) in [6.07, 6.45) is 4.53. The van der Waals surface area contributed by atoms with Crippen LogP contribution in [0.1, 0.15) is 39.0 Å². The van der Waals surface area contributed by atoms with Crippen molar-refractivity contribution in [3.05, 3.63) is 0 Å². The van der Waals surface area contributed by atoms with Crippen molar-refractivity contribution in [2.45, 2.75) is 49.9 Å². The number of hydrogen-bond acceptors (Lipinski definition) is 2. The van der Waals surface area contributed by atoms with Crippen LogP contribution < -0.4 is 5.32 Å². The van der Waals surface area contributed by atoms with Gasteiger partial charge in [-0.15, -0.1) is 0 Å². The van der Waals surface area contributed by atoms with Gasteiger partial charge in [-0.05, 0) is 56.8 Å². The van der Waals surface area contributed by atoms with E-state index in [9.17, 15) is 14.7 Å². The fraction of sp³-hybridized carbons (Fsp3) is 0.857. The molecule has 0 radical (unpaired) electrons. The molecule has 5 heteroatoms. The van der Waals surface area contributed by atoms with Crippen LogP contribution in [0.3, 0.4) is 0 Å². The van der Waals surface area contributed by atoms with Crippen LogP contribution in [0.2, 0.25) is 0 Å². The highest BCUT2D eigenvalue weighted by atomic mass is 79.9. The minimum atomic E-state index is -0.620. The minimum Gasteiger partial charge on any atom is -0.481 e. The Morgan fingerprint density at radius 1 is 1.26 bits per heavy atom. The summed E-state index contributed by atoms with van der Waals surface area (Å²) in [7, 11) is 0. The zero-order valence-corrected chi connectivity index (χ0v) is 12.6. The van der Waals surface area contributed by atoms with Gasteiger partial charge >= 0.3 is 5.97 Å². The monoisotopic (exact) mass is 329 g/mol. The topological polar surface area (TPSA) is 66.4 Å². The Labute approximate surface area is 121 Å². The largest absolute Gasteiger partial charge is 0.481 e. The summed E-state index contributed by atoms with van der Waals surface area (Å²) in [5.41, 5.74) is -0.488. The van der Waals surface area contributed by atoms with Gasteiger partial charge in [-0.3, -0.25) is 9.59 Å². The molecule has 0 aromatic rings. The summed E-state index contributed by atoms with van der Waals surface area (Å²) in [5.74, 6) is 0.686. The molecule has 4 aliphatic carbocycles. The maximum Gasteiger partial charge on any atom is 0.309 e. The van der Waals surface area contributed by atoms with Crippen LogP contribution in [0.25, 0.3) is 0 Å². The molecule has 0 saturated heterocycles. The van der Waals surface area contributed by atoms with Gasteiger partial charge in [0.05, 0.1) is 10.2 Å². The Morgan fingerprint density at radius 2 is 1.84 bits per heavy atom. The maximum absolute atomic E-state index is 11.9. The zero-order chi connectivity index (χ0) is 13.8. The summed E-state index contributed by atoms with van der Waals surface area (Å²) in [6.45, 7) is 1.82. The molecule has 0 aromatic heterocycles. The van der Waals surface area contributed by atoms with E-state index in [1.54, 1.807) is 0 Å². The van der Waals surface area contributed by atoms with E-state index >= 15 is 0 Å². The number of carbonyl (C=O) groups excluding carboxylic acids is 1. The average Bonchev–Trinajstić information content (AvgIpc) is 2.32. The first-order chi connectivity index (χ1) is 8.91. The van der Waals surface area contributed by atoms with E-state index in [0.29, 0.717) is 17.8 Å². The van der Waals surface area contributed by atoms with E-state index < -0.39 is 11.4 Å². The van der Waals surface area contributed by atoms with Crippen molar-refractivity contribution < 1.29 is 14.7 Å². The number of carbonyl (C=O) groups is 2. The SMILES string of the molecule is CC(Br)C(=O)NC1C2CC3CC1CC(C(=O)O)(C3)C2. The quantitative estimate of drug-likeness (QED) is 0.780. The first-order valence-electron chi connectivity index (χ1n) is 7.09. The number of carboxylic acid groups (broad SMARTS) is 1. The molecule has 0 heterocycles. The molecule has 4 fully saturated rings. The third-order valence-corrected chi connectivity index (χ3v) is 5.81. The molecule has 4 aliphatic rings. The number of carboxylic acids is 1. The molecule has 4 saturated carbocycles. The molecule has 1 amide bonds. The van der Waals surface area contributed by atoms with Crippen molar-refractivity contribution in [1.29, 1.82) is 0 Å². The third-order valence-electron chi connectivity index (χ3n) is 5.40. The molecule has 0 spiro atoms. The number of aliphatic carboxylic acids is 1. The Bertz CT molecular complexity index is 407. The lowest BCUT2D eigenvalue weighted by atomic mass is 9.48. The van der Waals surface area contributed by atoms with Gasteiger partial charge in [0.15, 0.2) is 0 Å². The lowest BCUT2D eigenvalue weighted by Gasteiger charge is -2.58.